The Morgan fingerprint density at radius 3 is 1.69 bits per heavy atom. The fourth-order valence-corrected chi connectivity index (χ4v) is 1.67. The van der Waals surface area contributed by atoms with Crippen molar-refractivity contribution < 1.29 is 17.6 Å². The monoisotopic (exact) mass is 199 g/mol. The van der Waals surface area contributed by atoms with Crippen LogP contribution in [-0.2, 0) is 0 Å². The minimum Gasteiger partial charge on any atom is -0.325 e. The number of nitrogens with two attached hydrogens (primary N) is 1. The van der Waals surface area contributed by atoms with E-state index >= 15 is 0 Å². The Morgan fingerprint density at radius 1 is 1.23 bits per heavy atom. The van der Waals surface area contributed by atoms with Crippen LogP contribution in [0.2, 0.25) is 0 Å². The predicted octanol–water partition coefficient (Wildman–Crippen LogP) is 2.40. The molecule has 1 aliphatic rings. The van der Waals surface area contributed by atoms with E-state index in [1.54, 1.807) is 0 Å². The third-order valence-corrected chi connectivity index (χ3v) is 2.84. The smallest absolute Gasteiger partial charge is 0.325 e. The molecule has 0 aromatic heterocycles. The summed E-state index contributed by atoms with van der Waals surface area (Å²) in [5.41, 5.74) is 3.04. The van der Waals surface area contributed by atoms with E-state index in [0.29, 0.717) is 0 Å². The molecule has 0 amide bonds. The molecule has 2 N–H and O–H groups in total. The van der Waals surface area contributed by atoms with Crippen molar-refractivity contribution in [3.8, 4) is 0 Å². The number of hydrogen-bond acceptors (Lipinski definition) is 1. The van der Waals surface area contributed by atoms with Gasteiger partial charge in [0.25, 0.3) is 0 Å². The number of hydrogen-bond donors (Lipinski definition) is 1. The lowest BCUT2D eigenvalue weighted by molar-refractivity contribution is -0.205. The summed E-state index contributed by atoms with van der Waals surface area (Å²) >= 11 is 0. The first-order valence-corrected chi connectivity index (χ1v) is 4.11. The third kappa shape index (κ3) is 1.66. The molecule has 0 aliphatic heterocycles. The van der Waals surface area contributed by atoms with Gasteiger partial charge in [0, 0.05) is 11.0 Å². The minimum atomic E-state index is -4.78. The predicted molar refractivity (Wildman–Crippen MR) is 40.9 cm³/mol. The van der Waals surface area contributed by atoms with Gasteiger partial charge in [-0.05, 0) is 26.7 Å². The van der Waals surface area contributed by atoms with E-state index in [4.69, 9.17) is 5.73 Å². The van der Waals surface area contributed by atoms with E-state index in [1.165, 1.54) is 13.8 Å². The van der Waals surface area contributed by atoms with Crippen LogP contribution in [0.4, 0.5) is 17.6 Å². The van der Waals surface area contributed by atoms with E-state index < -0.39 is 23.3 Å². The molecule has 1 unspecified atom stereocenters. The minimum absolute atomic E-state index is 0.219. The van der Waals surface area contributed by atoms with Gasteiger partial charge in [-0.1, -0.05) is 0 Å². The normalized spacial score (nSPS) is 24.2. The van der Waals surface area contributed by atoms with Crippen molar-refractivity contribution in [2.45, 2.75) is 44.6 Å². The van der Waals surface area contributed by atoms with E-state index in [0.717, 1.165) is 0 Å². The van der Waals surface area contributed by atoms with Crippen molar-refractivity contribution in [1.82, 2.24) is 0 Å². The topological polar surface area (TPSA) is 26.0 Å². The zero-order chi connectivity index (χ0) is 10.5. The Kier molecular flexibility index (Phi) is 2.14. The van der Waals surface area contributed by atoms with Gasteiger partial charge in [0.1, 0.15) is 0 Å². The zero-order valence-corrected chi connectivity index (χ0v) is 7.58. The summed E-state index contributed by atoms with van der Waals surface area (Å²) in [4.78, 5) is 0. The van der Waals surface area contributed by atoms with Crippen LogP contribution in [0.1, 0.15) is 26.7 Å². The van der Waals surface area contributed by atoms with Crippen molar-refractivity contribution in [2.75, 3.05) is 0 Å². The van der Waals surface area contributed by atoms with Crippen LogP contribution in [0.3, 0.4) is 0 Å². The van der Waals surface area contributed by atoms with Crippen LogP contribution in [-0.4, -0.2) is 17.9 Å². The first-order chi connectivity index (χ1) is 5.61. The van der Waals surface area contributed by atoms with Crippen molar-refractivity contribution in [3.63, 3.8) is 0 Å². The highest BCUT2D eigenvalue weighted by Crippen LogP contribution is 2.59. The Labute approximate surface area is 74.3 Å². The van der Waals surface area contributed by atoms with Crippen molar-refractivity contribution in [1.29, 1.82) is 0 Å². The molecule has 0 saturated heterocycles. The van der Waals surface area contributed by atoms with Gasteiger partial charge in [0.2, 0.25) is 6.17 Å². The fraction of sp³-hybridized carbons (Fsp3) is 1.00. The average Bonchev–Trinajstić information content (AvgIpc) is 2.60. The molecule has 1 fully saturated rings. The lowest BCUT2D eigenvalue weighted by Gasteiger charge is -2.34. The lowest BCUT2D eigenvalue weighted by Crippen LogP contribution is -2.51. The van der Waals surface area contributed by atoms with Gasteiger partial charge in [-0.2, -0.15) is 13.2 Å². The highest BCUT2D eigenvalue weighted by atomic mass is 19.4. The zero-order valence-electron chi connectivity index (χ0n) is 7.58. The van der Waals surface area contributed by atoms with Gasteiger partial charge < -0.3 is 5.73 Å². The van der Waals surface area contributed by atoms with Crippen LogP contribution >= 0.6 is 0 Å². The van der Waals surface area contributed by atoms with Crippen molar-refractivity contribution in [2.24, 2.45) is 11.1 Å². The van der Waals surface area contributed by atoms with Crippen LogP contribution in [0.5, 0.6) is 0 Å². The summed E-state index contributed by atoms with van der Waals surface area (Å²) in [5, 5.41) is 0. The maximum atomic E-state index is 13.0. The summed E-state index contributed by atoms with van der Waals surface area (Å²) in [7, 11) is 0. The second-order valence-electron chi connectivity index (χ2n) is 4.28. The lowest BCUT2D eigenvalue weighted by atomic mass is 9.81. The maximum Gasteiger partial charge on any atom is 0.420 e. The summed E-state index contributed by atoms with van der Waals surface area (Å²) in [6.07, 6.45) is -7.14. The standard InChI is InChI=1S/C8H13F4N/c1-6(2,13)7(3-4-7)5(9)8(10,11)12/h5H,3-4,13H2,1-2H3. The van der Waals surface area contributed by atoms with Gasteiger partial charge in [0.15, 0.2) is 0 Å². The van der Waals surface area contributed by atoms with Gasteiger partial charge in [-0.15, -0.1) is 0 Å². The molecular weight excluding hydrogens is 186 g/mol. The van der Waals surface area contributed by atoms with Gasteiger partial charge >= 0.3 is 6.18 Å². The second kappa shape index (κ2) is 2.59. The van der Waals surface area contributed by atoms with Gasteiger partial charge in [-0.25, -0.2) is 4.39 Å². The molecule has 0 bridgehead atoms. The molecule has 0 heterocycles. The summed E-state index contributed by atoms with van der Waals surface area (Å²) in [5.74, 6) is 0. The molecule has 0 spiro atoms. The number of alkyl halides is 4. The van der Waals surface area contributed by atoms with E-state index in [1.807, 2.05) is 0 Å². The fourth-order valence-electron chi connectivity index (χ4n) is 1.67. The first kappa shape index (κ1) is 10.8. The molecule has 1 saturated carbocycles. The summed E-state index contributed by atoms with van der Waals surface area (Å²) in [6, 6.07) is 0. The molecule has 1 nitrogen and oxygen atoms in total. The van der Waals surface area contributed by atoms with E-state index in [9.17, 15) is 17.6 Å². The third-order valence-electron chi connectivity index (χ3n) is 2.84. The Morgan fingerprint density at radius 2 is 1.62 bits per heavy atom. The largest absolute Gasteiger partial charge is 0.420 e. The van der Waals surface area contributed by atoms with Crippen LogP contribution in [0.25, 0.3) is 0 Å². The molecule has 0 aromatic carbocycles. The summed E-state index contributed by atoms with van der Waals surface area (Å²) in [6.45, 7) is 2.89. The SMILES string of the molecule is CC(C)(N)C1(C(F)C(F)(F)F)CC1. The van der Waals surface area contributed by atoms with Crippen molar-refractivity contribution in [3.05, 3.63) is 0 Å². The molecule has 13 heavy (non-hydrogen) atoms. The molecule has 5 heteroatoms. The highest BCUT2D eigenvalue weighted by Gasteiger charge is 2.66. The van der Waals surface area contributed by atoms with Crippen LogP contribution in [0, 0.1) is 5.41 Å². The molecule has 1 aliphatic carbocycles. The molecule has 1 rings (SSSR count). The van der Waals surface area contributed by atoms with E-state index in [-0.39, 0.29) is 12.8 Å². The highest BCUT2D eigenvalue weighted by molar-refractivity contribution is 5.12. The average molecular weight is 199 g/mol. The van der Waals surface area contributed by atoms with Gasteiger partial charge in [-0.3, -0.25) is 0 Å². The quantitative estimate of drug-likeness (QED) is 0.679. The van der Waals surface area contributed by atoms with Crippen LogP contribution in [0.15, 0.2) is 0 Å². The molecule has 0 aromatic rings. The van der Waals surface area contributed by atoms with Crippen LogP contribution < -0.4 is 5.73 Å². The first-order valence-electron chi connectivity index (χ1n) is 4.11. The Bertz CT molecular complexity index is 199. The summed E-state index contributed by atoms with van der Waals surface area (Å²) < 4.78 is 49.3. The second-order valence-corrected chi connectivity index (χ2v) is 4.28. The molecular formula is C8H13F4N. The molecule has 1 atom stereocenters. The Hall–Kier alpha value is -0.320. The Balaban J connectivity index is 2.83. The molecule has 78 valence electrons. The number of halogens is 4. The van der Waals surface area contributed by atoms with E-state index in [2.05, 4.69) is 0 Å². The maximum absolute atomic E-state index is 13.0. The van der Waals surface area contributed by atoms with Gasteiger partial charge in [0.05, 0.1) is 0 Å². The number of rotatable bonds is 2. The molecule has 0 radical (unpaired) electrons. The van der Waals surface area contributed by atoms with Crippen molar-refractivity contribution >= 4 is 0 Å².